The average molecular weight is 2010 g/mol. The Kier molecular flexibility index (Phi) is 40.7. The van der Waals surface area contributed by atoms with Crippen molar-refractivity contribution >= 4 is 29.5 Å². The lowest BCUT2D eigenvalue weighted by atomic mass is 9.93. The molecule has 61 heteroatoms. The first-order valence-corrected chi connectivity index (χ1v) is 43.6. The van der Waals surface area contributed by atoms with Crippen LogP contribution in [0.15, 0.2) is 0 Å². The van der Waals surface area contributed by atoms with E-state index in [4.69, 9.17) is 99.5 Å². The summed E-state index contributed by atoms with van der Waals surface area (Å²) >= 11 is 0. The molecule has 0 spiro atoms. The summed E-state index contributed by atoms with van der Waals surface area (Å²) in [5.41, 5.74) is 0. The van der Waals surface area contributed by atoms with Gasteiger partial charge in [0.15, 0.2) is 69.2 Å². The summed E-state index contributed by atoms with van der Waals surface area (Å²) in [6.07, 6.45) is -108. The Morgan fingerprint density at radius 2 is 0.401 bits per heavy atom. The predicted molar refractivity (Wildman–Crippen MR) is 420 cm³/mol. The second-order valence-electron chi connectivity index (χ2n) is 34.6. The number of carbonyl (C=O) groups excluding carboxylic acids is 5. The summed E-state index contributed by atoms with van der Waals surface area (Å²) < 4.78 is 126. The van der Waals surface area contributed by atoms with Crippen LogP contribution in [0.2, 0.25) is 0 Å². The van der Waals surface area contributed by atoms with E-state index in [0.717, 1.165) is 34.6 Å². The number of carbonyl (C=O) groups is 5. The maximum absolute atomic E-state index is 13.3. The number of aliphatic hydroxyl groups excluding tert-OH is 30. The Balaban J connectivity index is 0.972. The lowest BCUT2D eigenvalue weighted by molar-refractivity contribution is -0.400. The summed E-state index contributed by atoms with van der Waals surface area (Å²) in [6, 6.07) is -9.73. The zero-order valence-corrected chi connectivity index (χ0v) is 73.6. The van der Waals surface area contributed by atoms with Crippen molar-refractivity contribution in [2.24, 2.45) is 0 Å². The first kappa shape index (κ1) is 113. The normalized spacial score (nSPS) is 48.9. The van der Waals surface area contributed by atoms with Gasteiger partial charge in [0.05, 0.1) is 72.7 Å². The summed E-state index contributed by atoms with van der Waals surface area (Å²) in [6.45, 7) is -8.00. The molecule has 137 heavy (non-hydrogen) atoms. The molecule has 11 fully saturated rings. The van der Waals surface area contributed by atoms with Crippen molar-refractivity contribution in [1.82, 2.24) is 26.6 Å². The van der Waals surface area contributed by atoms with Crippen molar-refractivity contribution in [2.45, 2.75) is 372 Å². The molecule has 0 aromatic rings. The summed E-state index contributed by atoms with van der Waals surface area (Å²) in [4.78, 5) is 64.9. The molecule has 0 aliphatic carbocycles. The van der Waals surface area contributed by atoms with Gasteiger partial charge in [-0.25, -0.2) is 0 Å². The largest absolute Gasteiger partial charge is 0.394 e. The van der Waals surface area contributed by atoms with Crippen molar-refractivity contribution in [3.05, 3.63) is 0 Å². The SMILES string of the molecule is CC(=O)N[C@H]1[C@H](O[C@H]2[C@H](O)[C@@H](NC(C)=O)C(O)O[C@@H]2CO)O[C@H](CO)[C@@H](O[C@@H]2O[C@H](CO[C@H]3O[C@H](CO)[C@@H](O)[C@H](O)[C@@H]3O[C@@H]3O[C@H](CO)[C@@H](O[C@@H]4O[C@H](CO)[C@H](O)[C@H](O)[C@H]4O)[C@H](O)[C@H]3NC(C)=O)[C@@H](O)[C@H](O[C@H]3O[C@H](CO[C@@H]4O[C@H](CO)[C@@H](O[C@@H]5O[C@H](CO)[C@H](O)[C@H](O)[C@H]5O)[C@H](O)[C@H]4NC(C)=O)[C@@H](O)[C@H](O)[C@@H]3O[C@@H]3O[C@H](CO)[C@@H](O[C@@H]4O[C@H](CO)[C@H](O)[C@H](O)[C@H]4O)[C@H](O)[C@H]3NC(C)=O)[C@@H]2O)[C@@H]1O. The first-order valence-electron chi connectivity index (χ1n) is 43.6. The van der Waals surface area contributed by atoms with E-state index < -0.39 is 440 Å². The predicted octanol–water partition coefficient (Wildman–Crippen LogP) is -24.3. The molecule has 0 bridgehead atoms. The Hall–Kier alpha value is -4.69. The minimum Gasteiger partial charge on any atom is -0.394 e. The van der Waals surface area contributed by atoms with Gasteiger partial charge in [0.25, 0.3) is 0 Å². The van der Waals surface area contributed by atoms with E-state index in [9.17, 15) is 177 Å². The summed E-state index contributed by atoms with van der Waals surface area (Å²) in [5, 5.41) is 349. The molecular weight excluding hydrogens is 1880 g/mol. The van der Waals surface area contributed by atoms with Crippen LogP contribution in [0, 0.1) is 0 Å². The third kappa shape index (κ3) is 25.2. The minimum absolute atomic E-state index is 0.830. The molecule has 55 atom stereocenters. The molecule has 0 aromatic heterocycles. The van der Waals surface area contributed by atoms with Crippen LogP contribution < -0.4 is 26.6 Å². The van der Waals surface area contributed by atoms with Gasteiger partial charge in [0.2, 0.25) is 29.5 Å². The number of aliphatic hydroxyl groups is 30. The van der Waals surface area contributed by atoms with Gasteiger partial charge in [0.1, 0.15) is 268 Å². The van der Waals surface area contributed by atoms with E-state index in [-0.39, 0.29) is 0 Å². The van der Waals surface area contributed by atoms with Crippen LogP contribution in [-0.4, -0.2) is 593 Å². The summed E-state index contributed by atoms with van der Waals surface area (Å²) in [5.74, 6) is -4.82. The van der Waals surface area contributed by atoms with Gasteiger partial charge in [-0.15, -0.1) is 0 Å². The van der Waals surface area contributed by atoms with Crippen LogP contribution in [0.4, 0.5) is 0 Å². The fourth-order valence-electron chi connectivity index (χ4n) is 17.7. The lowest BCUT2D eigenvalue weighted by Crippen LogP contribution is -2.71. The maximum Gasteiger partial charge on any atom is 0.217 e. The van der Waals surface area contributed by atoms with Crippen LogP contribution in [0.5, 0.6) is 0 Å². The second-order valence-corrected chi connectivity index (χ2v) is 34.6. The number of amides is 5. The van der Waals surface area contributed by atoms with Gasteiger partial charge in [-0.3, -0.25) is 24.0 Å². The maximum atomic E-state index is 13.3. The quantitative estimate of drug-likeness (QED) is 0.0277. The highest BCUT2D eigenvalue weighted by atomic mass is 16.8. The summed E-state index contributed by atoms with van der Waals surface area (Å²) in [7, 11) is 0. The average Bonchev–Trinajstić information content (AvgIpc) is 0.747. The highest BCUT2D eigenvalue weighted by Gasteiger charge is 2.63. The third-order valence-corrected chi connectivity index (χ3v) is 25.0. The monoisotopic (exact) mass is 2010 g/mol. The van der Waals surface area contributed by atoms with E-state index in [1.54, 1.807) is 0 Å². The molecule has 11 heterocycles. The number of hydrogen-bond acceptors (Lipinski definition) is 56. The Bertz CT molecular complexity index is 3780. The molecular formula is C76H127N5O56. The van der Waals surface area contributed by atoms with E-state index >= 15 is 0 Å². The van der Waals surface area contributed by atoms with Crippen molar-refractivity contribution < 1.29 is 277 Å². The van der Waals surface area contributed by atoms with Crippen molar-refractivity contribution in [1.29, 1.82) is 0 Å². The van der Waals surface area contributed by atoms with Crippen LogP contribution in [0.3, 0.4) is 0 Å². The first-order chi connectivity index (χ1) is 64.8. The third-order valence-electron chi connectivity index (χ3n) is 25.0. The van der Waals surface area contributed by atoms with Gasteiger partial charge in [-0.1, -0.05) is 0 Å². The van der Waals surface area contributed by atoms with Crippen molar-refractivity contribution in [3.63, 3.8) is 0 Å². The van der Waals surface area contributed by atoms with Gasteiger partial charge in [0, 0.05) is 34.6 Å². The van der Waals surface area contributed by atoms with Crippen LogP contribution >= 0.6 is 0 Å². The number of hydrogen-bond donors (Lipinski definition) is 35. The van der Waals surface area contributed by atoms with Gasteiger partial charge < -0.3 is 279 Å². The smallest absolute Gasteiger partial charge is 0.217 e. The van der Waals surface area contributed by atoms with Crippen LogP contribution in [0.1, 0.15) is 34.6 Å². The highest BCUT2D eigenvalue weighted by molar-refractivity contribution is 5.75. The molecule has 11 aliphatic heterocycles. The minimum atomic E-state index is -2.75. The van der Waals surface area contributed by atoms with E-state index in [0.29, 0.717) is 0 Å². The Morgan fingerprint density at radius 1 is 0.190 bits per heavy atom. The molecule has 0 saturated carbocycles. The zero-order valence-electron chi connectivity index (χ0n) is 73.6. The van der Waals surface area contributed by atoms with Gasteiger partial charge >= 0.3 is 0 Å². The van der Waals surface area contributed by atoms with E-state index in [1.165, 1.54) is 0 Å². The fourth-order valence-corrected chi connectivity index (χ4v) is 17.7. The topological polar surface area (TPSA) is 946 Å². The second kappa shape index (κ2) is 49.5. The van der Waals surface area contributed by atoms with Crippen LogP contribution in [0.25, 0.3) is 0 Å². The molecule has 11 saturated heterocycles. The van der Waals surface area contributed by atoms with E-state index in [1.807, 2.05) is 0 Å². The van der Waals surface area contributed by atoms with Crippen LogP contribution in [-0.2, 0) is 123 Å². The molecule has 11 aliphatic rings. The number of ether oxygens (including phenoxy) is 21. The number of nitrogens with one attached hydrogen (secondary N) is 5. The van der Waals surface area contributed by atoms with Crippen molar-refractivity contribution in [2.75, 3.05) is 72.7 Å². The molecule has 61 nitrogen and oxygen atoms in total. The highest BCUT2D eigenvalue weighted by Crippen LogP contribution is 2.42. The standard InChI is InChI=1S/C76H127N5O56/c1-17(91)77-33-44(102)58(26(10-86)119-66(33)116)130-68-35(79-19(3)93)46(104)62(30(14-90)125-68)134-74-57(115)63(43(101)32(128-74)16-118-75-64(52(110)41(99)25(9-85)123-75)136-69-36(80-20(4)94)47(105)60(28(12-88)126-69)132-72-55(113)50(108)39(97)23(7-83)121-72)135-76-65(137-70-37(81-21(5)95)48(106)61(29(13-89)127-70)133-73-56(114)51(109)40(98)24(8-84)122-73)53(111)42(100)31(129-76)15-117-67-34(78-18(2)92)45(103)59(27(11-87)124-67)131-71-54(112)49(107)38(96)22(6-82)120-71/h22-76,82-90,96-116H,6-16H2,1-5H3,(H,77,91)(H,78,92)(H,79,93)(H,80,94)(H,81,95)/t22-,23-,24-,25-,26-,27-,28-,29-,30-,31-,32-,33-,34-,35-,36-,37-,38+,39+,40+,41-,42-,43-,44-,45-,46-,47-,48-,49+,50+,51+,52+,53+,54-,55-,56-,57+,58-,59-,60-,61-,62-,63+,64+,65+,66?,67-,68+,69+,70+,71+,72+,73+,74+,75+,76-/m1/s1. The molecule has 35 N–H and O–H groups in total. The molecule has 1 unspecified atom stereocenters. The molecule has 5 amide bonds. The molecule has 11 rings (SSSR count). The zero-order chi connectivity index (χ0) is 101. The van der Waals surface area contributed by atoms with Gasteiger partial charge in [-0.2, -0.15) is 0 Å². The van der Waals surface area contributed by atoms with E-state index in [2.05, 4.69) is 26.6 Å². The van der Waals surface area contributed by atoms with Gasteiger partial charge in [-0.05, 0) is 0 Å². The lowest BCUT2D eigenvalue weighted by Gasteiger charge is -2.51. The molecule has 0 radical (unpaired) electrons. The Labute approximate surface area is 775 Å². The number of rotatable bonds is 36. The Morgan fingerprint density at radius 3 is 0.730 bits per heavy atom. The molecule has 792 valence electrons. The fraction of sp³-hybridized carbons (Fsp3) is 0.934. The molecule has 0 aromatic carbocycles. The van der Waals surface area contributed by atoms with Crippen molar-refractivity contribution in [3.8, 4) is 0 Å².